The van der Waals surface area contributed by atoms with Crippen LogP contribution >= 0.6 is 0 Å². The minimum atomic E-state index is -0.860. The Kier molecular flexibility index (Phi) is 6.21. The Bertz CT molecular complexity index is 456. The second-order valence-electron chi connectivity index (χ2n) is 4.88. The summed E-state index contributed by atoms with van der Waals surface area (Å²) in [7, 11) is 1.86. The van der Waals surface area contributed by atoms with Gasteiger partial charge >= 0.3 is 11.9 Å². The molecular weight excluding hydrogens is 260 g/mol. The van der Waals surface area contributed by atoms with Crippen LogP contribution in [0.4, 0.5) is 0 Å². The van der Waals surface area contributed by atoms with Gasteiger partial charge in [0.2, 0.25) is 0 Å². The van der Waals surface area contributed by atoms with Gasteiger partial charge in [0.1, 0.15) is 0 Å². The lowest BCUT2D eigenvalue weighted by Crippen LogP contribution is -2.29. The van der Waals surface area contributed by atoms with Crippen LogP contribution in [0.25, 0.3) is 0 Å². The number of carboxylic acids is 1. The zero-order valence-electron chi connectivity index (χ0n) is 12.2. The summed E-state index contributed by atoms with van der Waals surface area (Å²) in [6.45, 7) is 3.66. The molecule has 0 spiro atoms. The van der Waals surface area contributed by atoms with Crippen LogP contribution < -0.4 is 0 Å². The van der Waals surface area contributed by atoms with Crippen molar-refractivity contribution in [3.63, 3.8) is 0 Å². The first-order chi connectivity index (χ1) is 9.47. The van der Waals surface area contributed by atoms with E-state index in [1.54, 1.807) is 13.3 Å². The number of carbonyl (C=O) groups is 2. The normalized spacial score (nSPS) is 13.8. The molecule has 1 N–H and O–H groups in total. The summed E-state index contributed by atoms with van der Waals surface area (Å²) in [4.78, 5) is 26.8. The summed E-state index contributed by atoms with van der Waals surface area (Å²) >= 11 is 0. The zero-order chi connectivity index (χ0) is 15.1. The number of aryl methyl sites for hydroxylation is 1. The van der Waals surface area contributed by atoms with Crippen molar-refractivity contribution in [2.24, 2.45) is 18.9 Å². The topological polar surface area (TPSA) is 81.4 Å². The van der Waals surface area contributed by atoms with Crippen molar-refractivity contribution in [2.75, 3.05) is 6.61 Å². The molecule has 1 heterocycles. The van der Waals surface area contributed by atoms with Gasteiger partial charge in [-0.25, -0.2) is 4.98 Å². The highest BCUT2D eigenvalue weighted by Gasteiger charge is 2.28. The number of carbonyl (C=O) groups excluding carboxylic acids is 1. The van der Waals surface area contributed by atoms with E-state index >= 15 is 0 Å². The average molecular weight is 282 g/mol. The first kappa shape index (κ1) is 16.2. The minimum absolute atomic E-state index is 0.119. The molecule has 6 nitrogen and oxygen atoms in total. The summed E-state index contributed by atoms with van der Waals surface area (Å²) in [5.74, 6) is -1.97. The van der Waals surface area contributed by atoms with Gasteiger partial charge in [0, 0.05) is 25.6 Å². The first-order valence-corrected chi connectivity index (χ1v) is 6.83. The highest BCUT2D eigenvalue weighted by molar-refractivity contribution is 5.71. The fourth-order valence-electron chi connectivity index (χ4n) is 2.17. The molecule has 1 rings (SSSR count). The summed E-state index contributed by atoms with van der Waals surface area (Å²) in [5.41, 5.74) is 0.810. The van der Waals surface area contributed by atoms with Crippen molar-refractivity contribution in [1.29, 1.82) is 0 Å². The van der Waals surface area contributed by atoms with E-state index in [9.17, 15) is 14.7 Å². The quantitative estimate of drug-likeness (QED) is 0.733. The van der Waals surface area contributed by atoms with Gasteiger partial charge in [0.05, 0.1) is 24.5 Å². The molecule has 0 fully saturated rings. The molecule has 0 aliphatic carbocycles. The molecule has 2 atom stereocenters. The number of ether oxygens (including phenoxy) is 1. The standard InChI is InChI=1S/C14H22N2O4/c1-4-12(14(18)19)10(8-20-13(17)5-2)6-11-7-16(3)9-15-11/h7,9-10,12H,4-6,8H2,1-3H3,(H,18,19)/t10-,12+/m0/s1. The maximum absolute atomic E-state index is 11.3. The number of carboxylic acid groups (broad SMARTS) is 1. The van der Waals surface area contributed by atoms with Gasteiger partial charge in [-0.1, -0.05) is 13.8 Å². The molecular formula is C14H22N2O4. The number of aliphatic carboxylic acids is 1. The van der Waals surface area contributed by atoms with Crippen LogP contribution in [-0.4, -0.2) is 33.2 Å². The summed E-state index contributed by atoms with van der Waals surface area (Å²) < 4.78 is 6.94. The van der Waals surface area contributed by atoms with Gasteiger partial charge in [0.25, 0.3) is 0 Å². The molecule has 0 aliphatic heterocycles. The van der Waals surface area contributed by atoms with Gasteiger partial charge in [-0.3, -0.25) is 9.59 Å². The fraction of sp³-hybridized carbons (Fsp3) is 0.643. The van der Waals surface area contributed by atoms with E-state index in [2.05, 4.69) is 4.98 Å². The smallest absolute Gasteiger partial charge is 0.306 e. The van der Waals surface area contributed by atoms with Crippen molar-refractivity contribution in [3.8, 4) is 0 Å². The van der Waals surface area contributed by atoms with Gasteiger partial charge in [0.15, 0.2) is 0 Å². The SMILES string of the molecule is CCC(=O)OC[C@H](Cc1cn(C)cn1)[C@@H](CC)C(=O)O. The molecule has 0 radical (unpaired) electrons. The summed E-state index contributed by atoms with van der Waals surface area (Å²) in [6, 6.07) is 0. The Labute approximate surface area is 118 Å². The van der Waals surface area contributed by atoms with Crippen LogP contribution in [-0.2, 0) is 27.8 Å². The predicted octanol–water partition coefficient (Wildman–Crippen LogP) is 1.64. The summed E-state index contributed by atoms with van der Waals surface area (Å²) in [5, 5.41) is 9.28. The number of hydrogen-bond donors (Lipinski definition) is 1. The molecule has 1 aromatic heterocycles. The number of esters is 1. The maximum Gasteiger partial charge on any atom is 0.306 e. The Morgan fingerprint density at radius 1 is 1.45 bits per heavy atom. The van der Waals surface area contributed by atoms with Crippen molar-refractivity contribution in [3.05, 3.63) is 18.2 Å². The molecule has 0 unspecified atom stereocenters. The van der Waals surface area contributed by atoms with E-state index in [1.165, 1.54) is 0 Å². The van der Waals surface area contributed by atoms with Gasteiger partial charge in [-0.2, -0.15) is 0 Å². The molecule has 0 saturated heterocycles. The predicted molar refractivity (Wildman–Crippen MR) is 73.1 cm³/mol. The third-order valence-electron chi connectivity index (χ3n) is 3.30. The molecule has 0 bridgehead atoms. The Hall–Kier alpha value is -1.85. The largest absolute Gasteiger partial charge is 0.481 e. The minimum Gasteiger partial charge on any atom is -0.481 e. The second kappa shape index (κ2) is 7.67. The molecule has 0 amide bonds. The van der Waals surface area contributed by atoms with Crippen LogP contribution in [0.3, 0.4) is 0 Å². The van der Waals surface area contributed by atoms with E-state index < -0.39 is 11.9 Å². The van der Waals surface area contributed by atoms with E-state index in [0.29, 0.717) is 19.3 Å². The third kappa shape index (κ3) is 4.68. The van der Waals surface area contributed by atoms with Gasteiger partial charge in [-0.15, -0.1) is 0 Å². The number of imidazole rings is 1. The zero-order valence-corrected chi connectivity index (χ0v) is 12.2. The monoisotopic (exact) mass is 282 g/mol. The van der Waals surface area contributed by atoms with Crippen LogP contribution in [0.1, 0.15) is 32.4 Å². The Morgan fingerprint density at radius 2 is 2.15 bits per heavy atom. The lowest BCUT2D eigenvalue weighted by Gasteiger charge is -2.22. The molecule has 112 valence electrons. The van der Waals surface area contributed by atoms with Crippen molar-refractivity contribution in [1.82, 2.24) is 9.55 Å². The van der Waals surface area contributed by atoms with E-state index in [-0.39, 0.29) is 18.5 Å². The van der Waals surface area contributed by atoms with E-state index in [0.717, 1.165) is 5.69 Å². The Balaban J connectivity index is 2.77. The molecule has 0 aromatic carbocycles. The molecule has 1 aromatic rings. The fourth-order valence-corrected chi connectivity index (χ4v) is 2.17. The molecule has 20 heavy (non-hydrogen) atoms. The highest BCUT2D eigenvalue weighted by Crippen LogP contribution is 2.21. The van der Waals surface area contributed by atoms with Crippen LogP contribution in [0, 0.1) is 11.8 Å². The maximum atomic E-state index is 11.3. The number of rotatable bonds is 8. The van der Waals surface area contributed by atoms with E-state index in [1.807, 2.05) is 24.7 Å². The first-order valence-electron chi connectivity index (χ1n) is 6.83. The van der Waals surface area contributed by atoms with E-state index in [4.69, 9.17) is 4.74 Å². The van der Waals surface area contributed by atoms with Gasteiger partial charge < -0.3 is 14.4 Å². The van der Waals surface area contributed by atoms with Crippen molar-refractivity contribution < 1.29 is 19.4 Å². The van der Waals surface area contributed by atoms with Crippen LogP contribution in [0.15, 0.2) is 12.5 Å². The van der Waals surface area contributed by atoms with Crippen LogP contribution in [0.5, 0.6) is 0 Å². The summed E-state index contributed by atoms with van der Waals surface area (Å²) in [6.07, 6.45) is 4.80. The molecule has 0 saturated carbocycles. The molecule has 6 heteroatoms. The number of hydrogen-bond acceptors (Lipinski definition) is 4. The number of nitrogens with zero attached hydrogens (tertiary/aromatic N) is 2. The second-order valence-corrected chi connectivity index (χ2v) is 4.88. The van der Waals surface area contributed by atoms with Crippen molar-refractivity contribution >= 4 is 11.9 Å². The highest BCUT2D eigenvalue weighted by atomic mass is 16.5. The van der Waals surface area contributed by atoms with Crippen LogP contribution in [0.2, 0.25) is 0 Å². The third-order valence-corrected chi connectivity index (χ3v) is 3.30. The number of aromatic nitrogens is 2. The van der Waals surface area contributed by atoms with Crippen molar-refractivity contribution in [2.45, 2.75) is 33.1 Å². The lowest BCUT2D eigenvalue weighted by molar-refractivity contribution is -0.151. The Morgan fingerprint density at radius 3 is 2.60 bits per heavy atom. The lowest BCUT2D eigenvalue weighted by atomic mass is 9.87. The molecule has 0 aliphatic rings. The van der Waals surface area contributed by atoms with Gasteiger partial charge in [-0.05, 0) is 12.8 Å². The average Bonchev–Trinajstić information content (AvgIpc) is 2.81.